The minimum absolute atomic E-state index is 0.0409. The summed E-state index contributed by atoms with van der Waals surface area (Å²) in [5.74, 6) is 0.530. The van der Waals surface area contributed by atoms with E-state index >= 15 is 0 Å². The molecule has 0 aromatic rings. The van der Waals surface area contributed by atoms with Crippen molar-refractivity contribution in [2.24, 2.45) is 41.4 Å². The van der Waals surface area contributed by atoms with Gasteiger partial charge in [-0.2, -0.15) is 0 Å². The Morgan fingerprint density at radius 1 is 0.818 bits per heavy atom. The molecule has 14 unspecified atom stereocenters. The summed E-state index contributed by atoms with van der Waals surface area (Å²) >= 11 is 0. The average molecular weight is 772 g/mol. The molecule has 4 aliphatic carbocycles. The first kappa shape index (κ1) is 41.5. The topological polar surface area (TPSA) is 111 Å². The molecular weight excluding hydrogens is 702 g/mol. The van der Waals surface area contributed by atoms with Crippen LogP contribution < -0.4 is 0 Å². The molecule has 3 heterocycles. The van der Waals surface area contributed by atoms with Crippen LogP contribution in [0, 0.1) is 41.4 Å². The van der Waals surface area contributed by atoms with Crippen LogP contribution in [-0.2, 0) is 47.5 Å². The standard InChI is InChI=1S/C44H69NO10/c1-9-35-41(48-6)42(49-7)43(50-8)44(55-35)52-28-20-27-16-17-29-31(30(27)21-28)22-33-32(29)23-38(46)53-37(26-12-10-13-26)15-11-14-36(24(2)40(33)47)54-39-19-18-34(45(4)5)25(3)51-39/h16-17,22,24-32,34-37,39,41-44H,9-15,18-21,23H2,1-8H3/t24?,25-,27?,28?,29?,30?,31?,32?,34-,35+,36?,37?,39?,41?,42?,43?,44?/m1/s1. The van der Waals surface area contributed by atoms with Gasteiger partial charge in [0, 0.05) is 39.2 Å². The third kappa shape index (κ3) is 8.56. The zero-order valence-electron chi connectivity index (χ0n) is 34.6. The van der Waals surface area contributed by atoms with Crippen molar-refractivity contribution in [1.29, 1.82) is 0 Å². The van der Waals surface area contributed by atoms with Gasteiger partial charge in [-0.25, -0.2) is 0 Å². The van der Waals surface area contributed by atoms with E-state index in [9.17, 15) is 9.59 Å². The van der Waals surface area contributed by atoms with E-state index in [1.165, 1.54) is 6.42 Å². The van der Waals surface area contributed by atoms with Crippen molar-refractivity contribution in [3.63, 3.8) is 0 Å². The molecule has 0 radical (unpaired) electrons. The van der Waals surface area contributed by atoms with E-state index in [2.05, 4.69) is 51.1 Å². The number of Topliss-reactive ketones (excluding diaryl/α,β-unsaturated/α-hetero) is 1. The minimum Gasteiger partial charge on any atom is -0.462 e. The molecule has 310 valence electrons. The van der Waals surface area contributed by atoms with Crippen LogP contribution >= 0.6 is 0 Å². The number of ether oxygens (including phenoxy) is 8. The summed E-state index contributed by atoms with van der Waals surface area (Å²) in [6.45, 7) is 6.24. The largest absolute Gasteiger partial charge is 0.462 e. The van der Waals surface area contributed by atoms with Crippen molar-refractivity contribution in [1.82, 2.24) is 4.90 Å². The van der Waals surface area contributed by atoms with Gasteiger partial charge in [0.15, 0.2) is 18.4 Å². The predicted molar refractivity (Wildman–Crippen MR) is 206 cm³/mol. The second-order valence-electron chi connectivity index (χ2n) is 17.9. The summed E-state index contributed by atoms with van der Waals surface area (Å²) in [6.07, 6.45) is 14.6. The van der Waals surface area contributed by atoms with Gasteiger partial charge >= 0.3 is 5.97 Å². The van der Waals surface area contributed by atoms with Crippen molar-refractivity contribution < 1.29 is 47.5 Å². The molecule has 0 N–H and O–H groups in total. The summed E-state index contributed by atoms with van der Waals surface area (Å²) in [4.78, 5) is 30.8. The van der Waals surface area contributed by atoms with Crippen molar-refractivity contribution in [2.45, 2.75) is 165 Å². The lowest BCUT2D eigenvalue weighted by Gasteiger charge is -2.45. The highest BCUT2D eigenvalue weighted by molar-refractivity contribution is 5.99. The van der Waals surface area contributed by atoms with Crippen LogP contribution in [0.15, 0.2) is 23.8 Å². The van der Waals surface area contributed by atoms with E-state index in [0.717, 1.165) is 69.8 Å². The maximum absolute atomic E-state index is 14.8. The normalized spacial score (nSPS) is 45.5. The van der Waals surface area contributed by atoms with Gasteiger partial charge in [0.1, 0.15) is 24.4 Å². The second-order valence-corrected chi connectivity index (χ2v) is 17.9. The van der Waals surface area contributed by atoms with Gasteiger partial charge < -0.3 is 42.8 Å². The molecule has 11 heteroatoms. The number of cyclic esters (lactones) is 1. The van der Waals surface area contributed by atoms with E-state index in [0.29, 0.717) is 17.9 Å². The number of rotatable bonds is 10. The molecule has 17 atom stereocenters. The van der Waals surface area contributed by atoms with Gasteiger partial charge in [-0.3, -0.25) is 9.59 Å². The maximum atomic E-state index is 14.8. The molecule has 2 saturated carbocycles. The molecule has 0 aromatic carbocycles. The summed E-state index contributed by atoms with van der Waals surface area (Å²) in [5.41, 5.74) is 0.781. The van der Waals surface area contributed by atoms with Gasteiger partial charge in [0.25, 0.3) is 0 Å². The Morgan fingerprint density at radius 3 is 2.22 bits per heavy atom. The molecular formula is C44H69NO10. The number of allylic oxidation sites excluding steroid dienone is 4. The highest BCUT2D eigenvalue weighted by Gasteiger charge is 2.53. The molecule has 5 fully saturated rings. The fraction of sp³-hybridized carbons (Fsp3) is 0.864. The minimum atomic E-state index is -0.587. The monoisotopic (exact) mass is 771 g/mol. The Hall–Kier alpha value is -1.70. The summed E-state index contributed by atoms with van der Waals surface area (Å²) in [6, 6.07) is 0.341. The summed E-state index contributed by atoms with van der Waals surface area (Å²) in [5, 5.41) is 0. The Balaban J connectivity index is 1.10. The van der Waals surface area contributed by atoms with Crippen LogP contribution in [0.1, 0.15) is 97.8 Å². The third-order valence-corrected chi connectivity index (χ3v) is 14.7. The Kier molecular flexibility index (Phi) is 13.6. The first-order chi connectivity index (χ1) is 26.5. The zero-order chi connectivity index (χ0) is 39.0. The Labute approximate surface area is 329 Å². The lowest BCUT2D eigenvalue weighted by atomic mass is 9.70. The quantitative estimate of drug-likeness (QED) is 0.185. The van der Waals surface area contributed by atoms with Crippen molar-refractivity contribution in [3.05, 3.63) is 23.8 Å². The first-order valence-corrected chi connectivity index (χ1v) is 21.5. The smallest absolute Gasteiger partial charge is 0.306 e. The van der Waals surface area contributed by atoms with Crippen LogP contribution in [0.25, 0.3) is 0 Å². The van der Waals surface area contributed by atoms with Crippen LogP contribution in [0.3, 0.4) is 0 Å². The second kappa shape index (κ2) is 18.1. The molecule has 0 amide bonds. The molecule has 11 nitrogen and oxygen atoms in total. The fourth-order valence-corrected chi connectivity index (χ4v) is 11.4. The number of ketones is 1. The number of likely N-dealkylation sites (N-methyl/N-ethyl adjacent to an activating group) is 1. The van der Waals surface area contributed by atoms with Crippen LogP contribution in [0.4, 0.5) is 0 Å². The summed E-state index contributed by atoms with van der Waals surface area (Å²) in [7, 11) is 9.23. The van der Waals surface area contributed by atoms with Crippen LogP contribution in [-0.4, -0.2) is 120 Å². The van der Waals surface area contributed by atoms with Gasteiger partial charge in [0.05, 0.1) is 30.8 Å². The van der Waals surface area contributed by atoms with Gasteiger partial charge in [-0.05, 0) is 120 Å². The molecule has 7 rings (SSSR count). The van der Waals surface area contributed by atoms with E-state index in [1.54, 1.807) is 21.3 Å². The van der Waals surface area contributed by atoms with Gasteiger partial charge in [-0.15, -0.1) is 0 Å². The number of methoxy groups -OCH3 is 3. The SMILES string of the molecule is CC[C@@H]1OC(OC2CC3C=CC4C5CC(=O)OC(C6CCC6)CCCC(OC6CC[C@@H](N(C)C)[C@@H](C)O6)C(C)C(=O)C5=CC4C3C2)C(OC)C(OC)C1OC. The molecule has 3 aliphatic heterocycles. The summed E-state index contributed by atoms with van der Waals surface area (Å²) < 4.78 is 50.4. The number of carbonyl (C=O) groups excluding carboxylic acids is 2. The van der Waals surface area contributed by atoms with Crippen molar-refractivity contribution >= 4 is 11.8 Å². The lowest BCUT2D eigenvalue weighted by Crippen LogP contribution is -2.60. The zero-order valence-corrected chi connectivity index (χ0v) is 34.6. The Morgan fingerprint density at radius 2 is 1.56 bits per heavy atom. The van der Waals surface area contributed by atoms with Crippen molar-refractivity contribution in [3.8, 4) is 0 Å². The molecule has 0 spiro atoms. The highest BCUT2D eigenvalue weighted by atomic mass is 16.7. The van der Waals surface area contributed by atoms with Crippen LogP contribution in [0.5, 0.6) is 0 Å². The van der Waals surface area contributed by atoms with Crippen LogP contribution in [0.2, 0.25) is 0 Å². The highest BCUT2D eigenvalue weighted by Crippen LogP contribution is 2.54. The molecule has 0 aromatic heterocycles. The van der Waals surface area contributed by atoms with Gasteiger partial charge in [0.2, 0.25) is 0 Å². The fourth-order valence-electron chi connectivity index (χ4n) is 11.4. The van der Waals surface area contributed by atoms with Gasteiger partial charge in [-0.1, -0.05) is 38.5 Å². The molecule has 3 saturated heterocycles. The molecule has 7 aliphatic rings. The lowest BCUT2D eigenvalue weighted by molar-refractivity contribution is -0.317. The number of hydrogen-bond donors (Lipinski definition) is 0. The van der Waals surface area contributed by atoms with E-state index in [4.69, 9.17) is 37.9 Å². The maximum Gasteiger partial charge on any atom is 0.306 e. The number of fused-ring (bicyclic) bond motifs is 5. The predicted octanol–water partition coefficient (Wildman–Crippen LogP) is 6.27. The number of hydrogen-bond acceptors (Lipinski definition) is 11. The average Bonchev–Trinajstić information content (AvgIpc) is 3.72. The van der Waals surface area contributed by atoms with E-state index in [1.807, 2.05) is 6.92 Å². The Bertz CT molecular complexity index is 1380. The number of carbonyl (C=O) groups is 2. The number of esters is 1. The van der Waals surface area contributed by atoms with E-state index < -0.39 is 12.4 Å². The molecule has 55 heavy (non-hydrogen) atoms. The first-order valence-electron chi connectivity index (χ1n) is 21.5. The van der Waals surface area contributed by atoms with E-state index in [-0.39, 0.29) is 96.8 Å². The molecule has 0 bridgehead atoms. The third-order valence-electron chi connectivity index (χ3n) is 14.7. The number of nitrogens with zero attached hydrogens (tertiary/aromatic N) is 1. The van der Waals surface area contributed by atoms with Crippen molar-refractivity contribution in [2.75, 3.05) is 35.4 Å².